The van der Waals surface area contributed by atoms with Crippen LogP contribution in [0.2, 0.25) is 0 Å². The van der Waals surface area contributed by atoms with Crippen molar-refractivity contribution in [2.24, 2.45) is 0 Å². The fourth-order valence-electron chi connectivity index (χ4n) is 3.12. The van der Waals surface area contributed by atoms with Crippen LogP contribution in [0.5, 0.6) is 0 Å². The number of hydrogen-bond acceptors (Lipinski definition) is 6. The number of rotatable bonds is 9. The number of H-pyrrole nitrogens is 1. The Morgan fingerprint density at radius 2 is 1.93 bits per heavy atom. The molecule has 1 aromatic heterocycles. The molecule has 0 aliphatic heterocycles. The Morgan fingerprint density at radius 1 is 1.17 bits per heavy atom. The number of aromatic nitrogens is 1. The minimum Gasteiger partial charge on any atom is -0.378 e. The largest absolute Gasteiger partial charge is 0.378 e. The number of anilines is 1. The van der Waals surface area contributed by atoms with Gasteiger partial charge in [0, 0.05) is 48.9 Å². The van der Waals surface area contributed by atoms with Gasteiger partial charge in [0.25, 0.3) is 5.69 Å². The highest BCUT2D eigenvalue weighted by molar-refractivity contribution is 7.90. The molecule has 1 amide bonds. The van der Waals surface area contributed by atoms with Crippen LogP contribution < -0.4 is 10.6 Å². The molecule has 0 fully saturated rings. The predicted molar refractivity (Wildman–Crippen MR) is 114 cm³/mol. The molecule has 0 saturated carbocycles. The maximum absolute atomic E-state index is 12.1. The maximum Gasteiger partial charge on any atom is 0.293 e. The van der Waals surface area contributed by atoms with E-state index in [0.717, 1.165) is 28.8 Å². The third kappa shape index (κ3) is 5.15. The van der Waals surface area contributed by atoms with Gasteiger partial charge in [-0.15, -0.1) is 0 Å². The molecule has 0 bridgehead atoms. The van der Waals surface area contributed by atoms with Crippen LogP contribution in [0.3, 0.4) is 0 Å². The van der Waals surface area contributed by atoms with Crippen LogP contribution in [-0.4, -0.2) is 43.6 Å². The second-order valence-electron chi connectivity index (χ2n) is 6.84. The van der Waals surface area contributed by atoms with Crippen LogP contribution in [0.25, 0.3) is 10.9 Å². The molecule has 158 valence electrons. The number of benzene rings is 2. The van der Waals surface area contributed by atoms with Gasteiger partial charge in [-0.2, -0.15) is 0 Å². The fourth-order valence-corrected chi connectivity index (χ4v) is 3.76. The van der Waals surface area contributed by atoms with Gasteiger partial charge in [0.1, 0.15) is 5.69 Å². The molecule has 1 heterocycles. The quantitative estimate of drug-likeness (QED) is 0.271. The maximum atomic E-state index is 12.1. The Morgan fingerprint density at radius 3 is 2.67 bits per heavy atom. The van der Waals surface area contributed by atoms with Crippen LogP contribution in [-0.2, 0) is 21.1 Å². The molecule has 3 rings (SSSR count). The van der Waals surface area contributed by atoms with E-state index in [1.807, 2.05) is 30.5 Å². The molecule has 0 spiro atoms. The molecule has 0 aliphatic rings. The second kappa shape index (κ2) is 8.95. The van der Waals surface area contributed by atoms with Crippen LogP contribution in [0.1, 0.15) is 12.0 Å². The molecule has 9 nitrogen and oxygen atoms in total. The topological polar surface area (TPSA) is 134 Å². The van der Waals surface area contributed by atoms with Crippen molar-refractivity contribution >= 4 is 38.0 Å². The summed E-state index contributed by atoms with van der Waals surface area (Å²) >= 11 is 0. The Labute approximate surface area is 173 Å². The zero-order chi connectivity index (χ0) is 21.7. The number of amides is 1. The number of aryl methyl sites for hydroxylation is 1. The molecule has 0 atom stereocenters. The average Bonchev–Trinajstić information content (AvgIpc) is 3.12. The highest BCUT2D eigenvalue weighted by Gasteiger charge is 2.18. The number of carbonyl (C=O) groups excluding carboxylic acids is 1. The number of nitro groups is 1. The Hall–Kier alpha value is -3.40. The van der Waals surface area contributed by atoms with E-state index in [0.29, 0.717) is 12.8 Å². The molecule has 0 unspecified atom stereocenters. The first-order chi connectivity index (χ1) is 14.3. The normalized spacial score (nSPS) is 11.4. The second-order valence-corrected chi connectivity index (χ2v) is 8.86. The Kier molecular flexibility index (Phi) is 6.36. The number of nitrogens with one attached hydrogen (secondary N) is 3. The number of aromatic amines is 1. The molecular weight excluding hydrogens is 408 g/mol. The highest BCUT2D eigenvalue weighted by Crippen LogP contribution is 2.27. The van der Waals surface area contributed by atoms with Gasteiger partial charge in [-0.05, 0) is 30.2 Å². The van der Waals surface area contributed by atoms with E-state index in [4.69, 9.17) is 0 Å². The molecular formula is C20H22N4O5S. The fraction of sp³-hybridized carbons (Fsp3) is 0.250. The van der Waals surface area contributed by atoms with Gasteiger partial charge in [-0.1, -0.05) is 18.2 Å². The van der Waals surface area contributed by atoms with Crippen molar-refractivity contribution in [3.05, 3.63) is 64.3 Å². The summed E-state index contributed by atoms with van der Waals surface area (Å²) < 4.78 is 23.2. The number of carbonyl (C=O) groups is 1. The van der Waals surface area contributed by atoms with Gasteiger partial charge in [0.05, 0.1) is 9.82 Å². The minimum absolute atomic E-state index is 0.120. The lowest BCUT2D eigenvalue weighted by Crippen LogP contribution is -2.29. The number of fused-ring (bicyclic) bond motifs is 1. The van der Waals surface area contributed by atoms with Gasteiger partial charge in [-0.3, -0.25) is 14.9 Å². The van der Waals surface area contributed by atoms with Gasteiger partial charge in [0.15, 0.2) is 9.84 Å². The van der Waals surface area contributed by atoms with E-state index < -0.39 is 14.8 Å². The first-order valence-electron chi connectivity index (χ1n) is 9.30. The minimum atomic E-state index is -3.54. The van der Waals surface area contributed by atoms with Gasteiger partial charge < -0.3 is 15.6 Å². The van der Waals surface area contributed by atoms with E-state index in [-0.39, 0.29) is 35.3 Å². The number of sulfone groups is 1. The lowest BCUT2D eigenvalue weighted by atomic mass is 10.1. The van der Waals surface area contributed by atoms with E-state index in [1.165, 1.54) is 12.1 Å². The monoisotopic (exact) mass is 430 g/mol. The summed E-state index contributed by atoms with van der Waals surface area (Å²) in [4.78, 5) is 25.7. The van der Waals surface area contributed by atoms with Crippen molar-refractivity contribution < 1.29 is 18.1 Å². The highest BCUT2D eigenvalue weighted by atomic mass is 32.2. The number of para-hydroxylation sites is 1. The van der Waals surface area contributed by atoms with E-state index >= 15 is 0 Å². The summed E-state index contributed by atoms with van der Waals surface area (Å²) in [5, 5.41) is 18.0. The van der Waals surface area contributed by atoms with Crippen molar-refractivity contribution in [3.8, 4) is 0 Å². The Bertz CT molecular complexity index is 1190. The number of hydrogen-bond donors (Lipinski definition) is 3. The lowest BCUT2D eigenvalue weighted by molar-refractivity contribution is -0.384. The molecule has 3 aromatic rings. The zero-order valence-corrected chi connectivity index (χ0v) is 17.2. The first-order valence-corrected chi connectivity index (χ1v) is 11.2. The molecule has 10 heteroatoms. The van der Waals surface area contributed by atoms with Gasteiger partial charge >= 0.3 is 0 Å². The molecule has 3 N–H and O–H groups in total. The van der Waals surface area contributed by atoms with Crippen LogP contribution >= 0.6 is 0 Å². The first kappa shape index (κ1) is 21.3. The van der Waals surface area contributed by atoms with Crippen molar-refractivity contribution in [1.82, 2.24) is 10.3 Å². The van der Waals surface area contributed by atoms with Crippen molar-refractivity contribution in [2.45, 2.75) is 17.7 Å². The van der Waals surface area contributed by atoms with Crippen LogP contribution in [0.15, 0.2) is 53.6 Å². The number of nitro benzene ring substituents is 1. The zero-order valence-electron chi connectivity index (χ0n) is 16.3. The third-order valence-electron chi connectivity index (χ3n) is 4.65. The van der Waals surface area contributed by atoms with Crippen molar-refractivity contribution in [2.75, 3.05) is 24.7 Å². The molecule has 0 radical (unpaired) electrons. The van der Waals surface area contributed by atoms with Crippen LogP contribution in [0.4, 0.5) is 11.4 Å². The van der Waals surface area contributed by atoms with E-state index in [2.05, 4.69) is 15.6 Å². The summed E-state index contributed by atoms with van der Waals surface area (Å²) in [5.41, 5.74) is 1.96. The SMILES string of the molecule is CS(=O)(=O)c1ccc(NCCNC(=O)CCc2c[nH]c3ccccc23)c([N+](=O)[O-])c1. The van der Waals surface area contributed by atoms with Gasteiger partial charge in [-0.25, -0.2) is 8.42 Å². The molecule has 2 aromatic carbocycles. The lowest BCUT2D eigenvalue weighted by Gasteiger charge is -2.09. The molecule has 30 heavy (non-hydrogen) atoms. The van der Waals surface area contributed by atoms with E-state index in [1.54, 1.807) is 0 Å². The summed E-state index contributed by atoms with van der Waals surface area (Å²) in [7, 11) is -3.54. The summed E-state index contributed by atoms with van der Waals surface area (Å²) in [6.45, 7) is 0.537. The Balaban J connectivity index is 1.49. The van der Waals surface area contributed by atoms with Gasteiger partial charge in [0.2, 0.25) is 5.91 Å². The van der Waals surface area contributed by atoms with E-state index in [9.17, 15) is 23.3 Å². The third-order valence-corrected chi connectivity index (χ3v) is 5.76. The van der Waals surface area contributed by atoms with Crippen LogP contribution in [0, 0.1) is 10.1 Å². The standard InChI is InChI=1S/C20H22N4O5S/c1-30(28,29)15-7-8-18(19(12-15)24(26)27)21-10-11-22-20(25)9-6-14-13-23-17-5-3-2-4-16(14)17/h2-5,7-8,12-13,21,23H,6,9-11H2,1H3,(H,22,25). The summed E-state index contributed by atoms with van der Waals surface area (Å²) in [5.74, 6) is -0.121. The molecule has 0 aliphatic carbocycles. The predicted octanol–water partition coefficient (Wildman–Crippen LogP) is 2.64. The average molecular weight is 430 g/mol. The summed E-state index contributed by atoms with van der Waals surface area (Å²) in [6.07, 6.45) is 3.82. The summed E-state index contributed by atoms with van der Waals surface area (Å²) in [6, 6.07) is 11.6. The van der Waals surface area contributed by atoms with Crippen molar-refractivity contribution in [1.29, 1.82) is 0 Å². The van der Waals surface area contributed by atoms with Crippen molar-refractivity contribution in [3.63, 3.8) is 0 Å². The molecule has 0 saturated heterocycles. The number of nitrogens with zero attached hydrogens (tertiary/aromatic N) is 1. The smallest absolute Gasteiger partial charge is 0.293 e.